The van der Waals surface area contributed by atoms with Gasteiger partial charge in [0.05, 0.1) is 6.61 Å². The summed E-state index contributed by atoms with van der Waals surface area (Å²) >= 11 is 0. The minimum absolute atomic E-state index is 0.117. The second kappa shape index (κ2) is 19.3. The van der Waals surface area contributed by atoms with Gasteiger partial charge >= 0.3 is 5.97 Å². The third-order valence-corrected chi connectivity index (χ3v) is 14.9. The van der Waals surface area contributed by atoms with Crippen LogP contribution in [-0.2, 0) is 14.3 Å². The Kier molecular flexibility index (Phi) is 14.9. The average molecular weight is 669 g/mol. The molecule has 0 radical (unpaired) electrons. The second-order valence-electron chi connectivity index (χ2n) is 17.9. The fraction of sp³-hybridized carbons (Fsp3) is 0.977. The first-order chi connectivity index (χ1) is 23.6. The van der Waals surface area contributed by atoms with E-state index in [1.165, 1.54) is 173 Å². The molecule has 4 unspecified atom stereocenters. The fourth-order valence-corrected chi connectivity index (χ4v) is 12.5. The highest BCUT2D eigenvalue weighted by Gasteiger charge is 2.41. The standard InChI is InChI=1S/C43H76N2O3/c1-33(46)48-30-28-35-12-10-18-43(32-35)45(39-15-7-4-8-16-39)41-25-21-37(22-26-41)36-19-23-40(24-20-36)44(38-13-5-3-6-14-38)42-17-9-11-34(31-42)27-29-47-2/h34-43H,3-32H2,1-2H3. The number of carbonyl (C=O) groups excluding carboxylic acids is 1. The summed E-state index contributed by atoms with van der Waals surface area (Å²) in [5.74, 6) is 3.47. The van der Waals surface area contributed by atoms with Crippen LogP contribution < -0.4 is 0 Å². The summed E-state index contributed by atoms with van der Waals surface area (Å²) in [6, 6.07) is 4.97. The average Bonchev–Trinajstić information content (AvgIpc) is 3.13. The van der Waals surface area contributed by atoms with Crippen molar-refractivity contribution in [2.75, 3.05) is 20.3 Å². The molecule has 0 N–H and O–H groups in total. The molecule has 0 spiro atoms. The SMILES string of the molecule is COCCC1CCCC(N(C2CCCCC2)C2CCC(C3CCC(N(C4CCCCC4)C4CCCC(CCOC(C)=O)C4)CC3)CC2)C1. The third kappa shape index (κ3) is 10.2. The predicted octanol–water partition coefficient (Wildman–Crippen LogP) is 10.5. The summed E-state index contributed by atoms with van der Waals surface area (Å²) in [6.45, 7) is 3.13. The molecule has 6 fully saturated rings. The van der Waals surface area contributed by atoms with E-state index >= 15 is 0 Å². The molecule has 0 heterocycles. The van der Waals surface area contributed by atoms with Crippen LogP contribution in [0.4, 0.5) is 0 Å². The molecule has 0 aromatic heterocycles. The first kappa shape index (κ1) is 37.1. The minimum atomic E-state index is -0.117. The maximum Gasteiger partial charge on any atom is 0.302 e. The van der Waals surface area contributed by atoms with Gasteiger partial charge in [-0.3, -0.25) is 14.6 Å². The van der Waals surface area contributed by atoms with Gasteiger partial charge < -0.3 is 9.47 Å². The first-order valence-electron chi connectivity index (χ1n) is 21.8. The number of nitrogens with zero attached hydrogens (tertiary/aromatic N) is 2. The van der Waals surface area contributed by atoms with Crippen molar-refractivity contribution in [1.82, 2.24) is 9.80 Å². The molecule has 0 bridgehead atoms. The molecular weight excluding hydrogens is 592 g/mol. The topological polar surface area (TPSA) is 42.0 Å². The zero-order chi connectivity index (χ0) is 33.1. The van der Waals surface area contributed by atoms with Crippen LogP contribution in [0.3, 0.4) is 0 Å². The Morgan fingerprint density at radius 1 is 0.479 bits per heavy atom. The van der Waals surface area contributed by atoms with Crippen LogP contribution in [0.5, 0.6) is 0 Å². The van der Waals surface area contributed by atoms with Crippen LogP contribution in [-0.4, -0.2) is 72.3 Å². The number of methoxy groups -OCH3 is 1. The van der Waals surface area contributed by atoms with Gasteiger partial charge in [0, 0.05) is 56.9 Å². The zero-order valence-electron chi connectivity index (χ0n) is 31.6. The van der Waals surface area contributed by atoms with Crippen LogP contribution in [0.2, 0.25) is 0 Å². The van der Waals surface area contributed by atoms with E-state index in [-0.39, 0.29) is 5.97 Å². The number of rotatable bonds is 13. The van der Waals surface area contributed by atoms with Crippen molar-refractivity contribution in [2.45, 2.75) is 223 Å². The highest BCUT2D eigenvalue weighted by molar-refractivity contribution is 5.65. The third-order valence-electron chi connectivity index (χ3n) is 14.9. The van der Waals surface area contributed by atoms with Crippen LogP contribution in [0.25, 0.3) is 0 Å². The molecule has 0 aliphatic heterocycles. The van der Waals surface area contributed by atoms with Gasteiger partial charge in [-0.15, -0.1) is 0 Å². The highest BCUT2D eigenvalue weighted by atomic mass is 16.5. The summed E-state index contributed by atoms with van der Waals surface area (Å²) in [4.78, 5) is 17.7. The van der Waals surface area contributed by atoms with E-state index in [1.807, 2.05) is 7.11 Å². The van der Waals surface area contributed by atoms with Crippen molar-refractivity contribution < 1.29 is 14.3 Å². The monoisotopic (exact) mass is 669 g/mol. The van der Waals surface area contributed by atoms with E-state index in [0.29, 0.717) is 6.61 Å². The smallest absolute Gasteiger partial charge is 0.302 e. The molecule has 0 aromatic carbocycles. The van der Waals surface area contributed by atoms with E-state index in [4.69, 9.17) is 9.47 Å². The van der Waals surface area contributed by atoms with Crippen LogP contribution in [0.15, 0.2) is 0 Å². The Bertz CT molecular complexity index is 915. The maximum absolute atomic E-state index is 11.4. The molecule has 0 amide bonds. The Hall–Kier alpha value is -0.650. The first-order valence-corrected chi connectivity index (χ1v) is 21.8. The minimum Gasteiger partial charge on any atom is -0.466 e. The normalized spacial score (nSPS) is 36.3. The molecule has 276 valence electrons. The molecule has 6 saturated carbocycles. The summed E-state index contributed by atoms with van der Waals surface area (Å²) < 4.78 is 10.9. The van der Waals surface area contributed by atoms with Gasteiger partial charge in [0.15, 0.2) is 0 Å². The van der Waals surface area contributed by atoms with Gasteiger partial charge in [-0.05, 0) is 139 Å². The number of hydrogen-bond donors (Lipinski definition) is 0. The van der Waals surface area contributed by atoms with Gasteiger partial charge in [0.1, 0.15) is 0 Å². The van der Waals surface area contributed by atoms with Crippen LogP contribution in [0.1, 0.15) is 187 Å². The lowest BCUT2D eigenvalue weighted by atomic mass is 9.70. The Morgan fingerprint density at radius 2 is 0.875 bits per heavy atom. The fourth-order valence-electron chi connectivity index (χ4n) is 12.5. The number of hydrogen-bond acceptors (Lipinski definition) is 5. The number of carbonyl (C=O) groups is 1. The van der Waals surface area contributed by atoms with Crippen molar-refractivity contribution in [3.05, 3.63) is 0 Å². The van der Waals surface area contributed by atoms with Gasteiger partial charge in [-0.2, -0.15) is 0 Å². The number of ether oxygens (including phenoxy) is 2. The molecule has 48 heavy (non-hydrogen) atoms. The van der Waals surface area contributed by atoms with E-state index in [1.54, 1.807) is 6.92 Å². The van der Waals surface area contributed by atoms with Crippen molar-refractivity contribution >= 4 is 5.97 Å². The van der Waals surface area contributed by atoms with Crippen molar-refractivity contribution in [1.29, 1.82) is 0 Å². The zero-order valence-corrected chi connectivity index (χ0v) is 31.6. The van der Waals surface area contributed by atoms with E-state index in [2.05, 4.69) is 9.80 Å². The molecule has 6 aliphatic rings. The molecule has 6 rings (SSSR count). The van der Waals surface area contributed by atoms with Crippen molar-refractivity contribution in [3.8, 4) is 0 Å². The Balaban J connectivity index is 1.02. The molecular formula is C43H76N2O3. The van der Waals surface area contributed by atoms with Gasteiger partial charge in [-0.25, -0.2) is 0 Å². The number of esters is 1. The lowest BCUT2D eigenvalue weighted by Crippen LogP contribution is -2.53. The second-order valence-corrected chi connectivity index (χ2v) is 17.9. The predicted molar refractivity (Wildman–Crippen MR) is 198 cm³/mol. The molecule has 5 nitrogen and oxygen atoms in total. The van der Waals surface area contributed by atoms with E-state index in [9.17, 15) is 4.79 Å². The van der Waals surface area contributed by atoms with Crippen molar-refractivity contribution in [3.63, 3.8) is 0 Å². The van der Waals surface area contributed by atoms with Crippen LogP contribution in [0, 0.1) is 23.7 Å². The Morgan fingerprint density at radius 3 is 1.29 bits per heavy atom. The molecule has 5 heteroatoms. The lowest BCUT2D eigenvalue weighted by molar-refractivity contribution is -0.141. The summed E-state index contributed by atoms with van der Waals surface area (Å²) in [5.41, 5.74) is 0. The van der Waals surface area contributed by atoms with E-state index < -0.39 is 0 Å². The molecule has 4 atom stereocenters. The maximum atomic E-state index is 11.4. The highest BCUT2D eigenvalue weighted by Crippen LogP contribution is 2.45. The van der Waals surface area contributed by atoms with Gasteiger partial charge in [0.25, 0.3) is 0 Å². The quantitative estimate of drug-likeness (QED) is 0.183. The summed E-state index contributed by atoms with van der Waals surface area (Å²) in [5, 5.41) is 0. The van der Waals surface area contributed by atoms with Crippen LogP contribution >= 0.6 is 0 Å². The summed E-state index contributed by atoms with van der Waals surface area (Å²) in [7, 11) is 1.88. The molecule has 0 aromatic rings. The van der Waals surface area contributed by atoms with E-state index in [0.717, 1.165) is 73.0 Å². The Labute approximate surface area is 296 Å². The largest absolute Gasteiger partial charge is 0.466 e. The lowest BCUT2D eigenvalue weighted by Gasteiger charge is -2.51. The summed E-state index contributed by atoms with van der Waals surface area (Å²) in [6.07, 6.45) is 39.9. The molecule has 6 aliphatic carbocycles. The van der Waals surface area contributed by atoms with Gasteiger partial charge in [-0.1, -0.05) is 64.2 Å². The van der Waals surface area contributed by atoms with Crippen molar-refractivity contribution in [2.24, 2.45) is 23.7 Å². The molecule has 0 saturated heterocycles. The van der Waals surface area contributed by atoms with Gasteiger partial charge in [0.2, 0.25) is 0 Å².